The summed E-state index contributed by atoms with van der Waals surface area (Å²) >= 11 is 0. The van der Waals surface area contributed by atoms with E-state index in [1.54, 1.807) is 0 Å². The first-order valence-corrected chi connectivity index (χ1v) is 6.37. The fraction of sp³-hybridized carbons (Fsp3) is 1.00. The molecule has 0 aliphatic carbocycles. The zero-order chi connectivity index (χ0) is 12.1. The Hall–Kier alpha value is -0.160. The van der Waals surface area contributed by atoms with E-state index in [1.807, 2.05) is 0 Å². The third-order valence-corrected chi connectivity index (χ3v) is 3.85. The average Bonchev–Trinajstić information content (AvgIpc) is 2.29. The van der Waals surface area contributed by atoms with Gasteiger partial charge in [0, 0.05) is 24.7 Å². The molecule has 0 aromatic heterocycles. The standard InChI is InChI=1S/C12H27N3O/c1-4-11(13)12(9-16)15(3)10-6-5-7-14(2)8-10/h10-12,16H,4-9,13H2,1-3H3. The molecule has 1 fully saturated rings. The summed E-state index contributed by atoms with van der Waals surface area (Å²) in [6.07, 6.45) is 3.37. The minimum Gasteiger partial charge on any atom is -0.395 e. The molecular weight excluding hydrogens is 202 g/mol. The van der Waals surface area contributed by atoms with Crippen molar-refractivity contribution in [3.63, 3.8) is 0 Å². The number of nitrogens with two attached hydrogens (primary N) is 1. The van der Waals surface area contributed by atoms with Crippen LogP contribution in [-0.4, -0.2) is 66.8 Å². The molecule has 0 aromatic carbocycles. The fourth-order valence-corrected chi connectivity index (χ4v) is 2.58. The summed E-state index contributed by atoms with van der Waals surface area (Å²) in [5.41, 5.74) is 6.05. The van der Waals surface area contributed by atoms with Gasteiger partial charge in [0.15, 0.2) is 0 Å². The van der Waals surface area contributed by atoms with Crippen LogP contribution in [-0.2, 0) is 0 Å². The molecule has 1 saturated heterocycles. The molecule has 1 rings (SSSR count). The number of likely N-dealkylation sites (N-methyl/N-ethyl adjacent to an activating group) is 2. The van der Waals surface area contributed by atoms with Crippen LogP contribution in [0.3, 0.4) is 0 Å². The highest BCUT2D eigenvalue weighted by molar-refractivity contribution is 4.86. The van der Waals surface area contributed by atoms with Crippen molar-refractivity contribution in [2.24, 2.45) is 5.73 Å². The molecular formula is C12H27N3O. The van der Waals surface area contributed by atoms with Gasteiger partial charge in [0.25, 0.3) is 0 Å². The van der Waals surface area contributed by atoms with E-state index >= 15 is 0 Å². The third-order valence-electron chi connectivity index (χ3n) is 3.85. The zero-order valence-electron chi connectivity index (χ0n) is 10.9. The molecule has 0 aromatic rings. The fourth-order valence-electron chi connectivity index (χ4n) is 2.58. The number of piperidine rings is 1. The zero-order valence-corrected chi connectivity index (χ0v) is 10.9. The van der Waals surface area contributed by atoms with Gasteiger partial charge in [-0.3, -0.25) is 4.90 Å². The molecule has 1 aliphatic rings. The molecule has 16 heavy (non-hydrogen) atoms. The Balaban J connectivity index is 2.55. The highest BCUT2D eigenvalue weighted by atomic mass is 16.3. The van der Waals surface area contributed by atoms with E-state index in [4.69, 9.17) is 5.73 Å². The number of likely N-dealkylation sites (tertiary alicyclic amines) is 1. The van der Waals surface area contributed by atoms with Gasteiger partial charge in [0.05, 0.1) is 6.61 Å². The van der Waals surface area contributed by atoms with Crippen LogP contribution >= 0.6 is 0 Å². The number of hydrogen-bond donors (Lipinski definition) is 2. The Morgan fingerprint density at radius 3 is 2.75 bits per heavy atom. The molecule has 1 heterocycles. The lowest BCUT2D eigenvalue weighted by atomic mass is 9.99. The van der Waals surface area contributed by atoms with Crippen LogP contribution in [0.15, 0.2) is 0 Å². The molecule has 3 unspecified atom stereocenters. The number of nitrogens with zero attached hydrogens (tertiary/aromatic N) is 2. The molecule has 0 saturated carbocycles. The highest BCUT2D eigenvalue weighted by Gasteiger charge is 2.28. The highest BCUT2D eigenvalue weighted by Crippen LogP contribution is 2.17. The molecule has 0 radical (unpaired) electrons. The Labute approximate surface area is 99.4 Å². The molecule has 1 aliphatic heterocycles. The van der Waals surface area contributed by atoms with E-state index < -0.39 is 0 Å². The van der Waals surface area contributed by atoms with Gasteiger partial charge >= 0.3 is 0 Å². The summed E-state index contributed by atoms with van der Waals surface area (Å²) in [7, 11) is 4.26. The predicted molar refractivity (Wildman–Crippen MR) is 67.4 cm³/mol. The van der Waals surface area contributed by atoms with E-state index in [0.717, 1.165) is 13.0 Å². The molecule has 4 heteroatoms. The van der Waals surface area contributed by atoms with Crippen LogP contribution in [0.1, 0.15) is 26.2 Å². The van der Waals surface area contributed by atoms with Crippen molar-refractivity contribution in [3.8, 4) is 0 Å². The second kappa shape index (κ2) is 6.55. The maximum Gasteiger partial charge on any atom is 0.0601 e. The van der Waals surface area contributed by atoms with Gasteiger partial charge in [-0.15, -0.1) is 0 Å². The van der Waals surface area contributed by atoms with Crippen LogP contribution in [0.2, 0.25) is 0 Å². The second-order valence-corrected chi connectivity index (χ2v) is 5.05. The Morgan fingerprint density at radius 1 is 1.56 bits per heavy atom. The van der Waals surface area contributed by atoms with Gasteiger partial charge in [-0.05, 0) is 39.9 Å². The Kier molecular flexibility index (Phi) is 5.69. The minimum atomic E-state index is 0.0715. The average molecular weight is 229 g/mol. The monoisotopic (exact) mass is 229 g/mol. The minimum absolute atomic E-state index is 0.0715. The van der Waals surface area contributed by atoms with E-state index in [0.29, 0.717) is 6.04 Å². The van der Waals surface area contributed by atoms with Crippen LogP contribution in [0.25, 0.3) is 0 Å². The third kappa shape index (κ3) is 3.42. The van der Waals surface area contributed by atoms with Crippen LogP contribution < -0.4 is 5.73 Å². The van der Waals surface area contributed by atoms with E-state index in [2.05, 4.69) is 30.8 Å². The predicted octanol–water partition coefficient (Wildman–Crippen LogP) is 0.111. The molecule has 0 amide bonds. The van der Waals surface area contributed by atoms with Crippen molar-refractivity contribution in [2.45, 2.75) is 44.3 Å². The second-order valence-electron chi connectivity index (χ2n) is 5.05. The number of rotatable bonds is 5. The normalized spacial score (nSPS) is 27.0. The van der Waals surface area contributed by atoms with Gasteiger partial charge in [-0.1, -0.05) is 6.92 Å². The quantitative estimate of drug-likeness (QED) is 0.702. The summed E-state index contributed by atoms with van der Waals surface area (Å²) in [5.74, 6) is 0. The lowest BCUT2D eigenvalue weighted by Crippen LogP contribution is -2.55. The molecule has 0 spiro atoms. The lowest BCUT2D eigenvalue weighted by molar-refractivity contribution is 0.0547. The first-order chi connectivity index (χ1) is 7.60. The first-order valence-electron chi connectivity index (χ1n) is 6.37. The topological polar surface area (TPSA) is 52.7 Å². The molecule has 3 N–H and O–H groups in total. The van der Waals surface area contributed by atoms with E-state index in [9.17, 15) is 5.11 Å². The van der Waals surface area contributed by atoms with Crippen molar-refractivity contribution in [1.82, 2.24) is 9.80 Å². The molecule has 3 atom stereocenters. The van der Waals surface area contributed by atoms with Crippen LogP contribution in [0.5, 0.6) is 0 Å². The maximum atomic E-state index is 9.46. The van der Waals surface area contributed by atoms with Gasteiger partial charge in [-0.2, -0.15) is 0 Å². The van der Waals surface area contributed by atoms with Gasteiger partial charge in [0.1, 0.15) is 0 Å². The molecule has 0 bridgehead atoms. The van der Waals surface area contributed by atoms with Crippen molar-refractivity contribution in [2.75, 3.05) is 33.8 Å². The summed E-state index contributed by atoms with van der Waals surface area (Å²) in [6, 6.07) is 0.706. The summed E-state index contributed by atoms with van der Waals surface area (Å²) in [5, 5.41) is 9.46. The van der Waals surface area contributed by atoms with E-state index in [1.165, 1.54) is 19.4 Å². The van der Waals surface area contributed by atoms with Crippen LogP contribution in [0.4, 0.5) is 0 Å². The van der Waals surface area contributed by atoms with Crippen molar-refractivity contribution >= 4 is 0 Å². The summed E-state index contributed by atoms with van der Waals surface area (Å²) in [4.78, 5) is 4.64. The Bertz CT molecular complexity index is 201. The number of aliphatic hydroxyl groups excluding tert-OH is 1. The van der Waals surface area contributed by atoms with Crippen molar-refractivity contribution in [1.29, 1.82) is 0 Å². The maximum absolute atomic E-state index is 9.46. The van der Waals surface area contributed by atoms with Crippen molar-refractivity contribution < 1.29 is 5.11 Å². The SMILES string of the molecule is CCC(N)C(CO)N(C)C1CCCN(C)C1. The summed E-state index contributed by atoms with van der Waals surface area (Å²) in [6.45, 7) is 4.51. The molecule has 4 nitrogen and oxygen atoms in total. The lowest BCUT2D eigenvalue weighted by Gasteiger charge is -2.41. The van der Waals surface area contributed by atoms with Gasteiger partial charge < -0.3 is 15.7 Å². The van der Waals surface area contributed by atoms with Crippen molar-refractivity contribution in [3.05, 3.63) is 0 Å². The van der Waals surface area contributed by atoms with Gasteiger partial charge in [-0.25, -0.2) is 0 Å². The first kappa shape index (κ1) is 13.9. The largest absolute Gasteiger partial charge is 0.395 e. The molecule has 96 valence electrons. The number of hydrogen-bond acceptors (Lipinski definition) is 4. The van der Waals surface area contributed by atoms with Crippen LogP contribution in [0, 0.1) is 0 Å². The smallest absolute Gasteiger partial charge is 0.0601 e. The Morgan fingerprint density at radius 2 is 2.25 bits per heavy atom. The van der Waals surface area contributed by atoms with Gasteiger partial charge in [0.2, 0.25) is 0 Å². The number of aliphatic hydroxyl groups is 1. The summed E-state index contributed by atoms with van der Waals surface area (Å²) < 4.78 is 0. The van der Waals surface area contributed by atoms with E-state index in [-0.39, 0.29) is 18.7 Å².